The van der Waals surface area contributed by atoms with E-state index in [2.05, 4.69) is 20.6 Å². The Hall–Kier alpha value is -4.72. The predicted octanol–water partition coefficient (Wildman–Crippen LogP) is 5.07. The quantitative estimate of drug-likeness (QED) is 0.276. The van der Waals surface area contributed by atoms with Gasteiger partial charge in [-0.3, -0.25) is 9.78 Å². The first-order valence-electron chi connectivity index (χ1n) is 14.9. The van der Waals surface area contributed by atoms with Gasteiger partial charge in [0.05, 0.1) is 46.6 Å². The molecule has 3 aromatic heterocycles. The van der Waals surface area contributed by atoms with Gasteiger partial charge < -0.3 is 20.3 Å². The zero-order valence-electron chi connectivity index (χ0n) is 26.7. The van der Waals surface area contributed by atoms with Gasteiger partial charge in [0.25, 0.3) is 11.8 Å². The highest BCUT2D eigenvalue weighted by molar-refractivity contribution is 7.90. The normalized spacial score (nSPS) is 16.5. The van der Waals surface area contributed by atoms with E-state index in [1.54, 1.807) is 76.4 Å². The molecule has 47 heavy (non-hydrogen) atoms. The third-order valence-corrected chi connectivity index (χ3v) is 8.76. The molecule has 0 saturated carbocycles. The first-order chi connectivity index (χ1) is 22.0. The molecule has 0 radical (unpaired) electrons. The maximum atomic E-state index is 15.1. The Kier molecular flexibility index (Phi) is 9.18. The second kappa shape index (κ2) is 12.8. The van der Waals surface area contributed by atoms with Crippen molar-refractivity contribution in [3.8, 4) is 11.4 Å². The number of halogens is 2. The second-order valence-electron chi connectivity index (χ2n) is 12.6. The number of carbonyl (C=O) groups excluding carboxylic acids is 2. The number of nitrogens with one attached hydrogen (secondary N) is 2. The lowest BCUT2D eigenvalue weighted by atomic mass is 10.0. The summed E-state index contributed by atoms with van der Waals surface area (Å²) in [7, 11) is -3.49. The van der Waals surface area contributed by atoms with Crippen molar-refractivity contribution >= 4 is 38.6 Å². The molecule has 2 amide bonds. The third kappa shape index (κ3) is 8.17. The Morgan fingerprint density at radius 3 is 2.51 bits per heavy atom. The van der Waals surface area contributed by atoms with E-state index in [1.807, 2.05) is 6.07 Å². The number of carbonyl (C=O) groups is 2. The number of sulfone groups is 1. The van der Waals surface area contributed by atoms with Crippen molar-refractivity contribution in [1.29, 1.82) is 0 Å². The molecule has 5 rings (SSSR count). The number of hydrogen-bond donors (Lipinski definition) is 2. The van der Waals surface area contributed by atoms with Gasteiger partial charge in [-0.15, -0.1) is 0 Å². The Morgan fingerprint density at radius 2 is 1.81 bits per heavy atom. The van der Waals surface area contributed by atoms with Crippen molar-refractivity contribution in [2.75, 3.05) is 24.2 Å². The van der Waals surface area contributed by atoms with Crippen molar-refractivity contribution in [2.45, 2.75) is 63.1 Å². The molecule has 0 spiro atoms. The van der Waals surface area contributed by atoms with Gasteiger partial charge in [-0.05, 0) is 82.1 Å². The summed E-state index contributed by atoms with van der Waals surface area (Å²) in [6, 6.07) is 13.6. The number of alkyl halides is 2. The number of fused-ring (bicyclic) bond motifs is 1. The van der Waals surface area contributed by atoms with Crippen molar-refractivity contribution < 1.29 is 31.5 Å². The van der Waals surface area contributed by atoms with Crippen LogP contribution in [0.2, 0.25) is 0 Å². The molecule has 1 fully saturated rings. The number of alkyl carbamates (subject to hydrolysis) is 1. The molecule has 4 aromatic rings. The molecule has 1 aliphatic heterocycles. The molecule has 0 aliphatic carbocycles. The molecule has 1 atom stereocenters. The SMILES string of the molecule is Cc1ccc(C(=O)NCc2cc3nc(-c4cccc(N5CCC(NC(=O)OC(C)(C)C)C(F)(F)C5)n4)ccc3cn2)cc1S(C)(=O)=O. The summed E-state index contributed by atoms with van der Waals surface area (Å²) in [5.41, 5.74) is 2.07. The van der Waals surface area contributed by atoms with Crippen molar-refractivity contribution in [2.24, 2.45) is 0 Å². The van der Waals surface area contributed by atoms with E-state index in [-0.39, 0.29) is 30.0 Å². The van der Waals surface area contributed by atoms with Crippen LogP contribution in [0.15, 0.2) is 65.7 Å². The van der Waals surface area contributed by atoms with Crippen LogP contribution in [0.5, 0.6) is 0 Å². The first-order valence-corrected chi connectivity index (χ1v) is 16.8. The maximum Gasteiger partial charge on any atom is 0.408 e. The zero-order valence-corrected chi connectivity index (χ0v) is 27.5. The number of anilines is 1. The predicted molar refractivity (Wildman–Crippen MR) is 173 cm³/mol. The first kappa shape index (κ1) is 33.6. The van der Waals surface area contributed by atoms with Crippen LogP contribution < -0.4 is 15.5 Å². The lowest BCUT2D eigenvalue weighted by molar-refractivity contribution is -0.0459. The van der Waals surface area contributed by atoms with Gasteiger partial charge in [0.2, 0.25) is 0 Å². The van der Waals surface area contributed by atoms with E-state index in [0.29, 0.717) is 34.0 Å². The minimum Gasteiger partial charge on any atom is -0.444 e. The number of pyridine rings is 3. The van der Waals surface area contributed by atoms with Gasteiger partial charge in [0.1, 0.15) is 11.4 Å². The fraction of sp³-hybridized carbons (Fsp3) is 0.364. The molecule has 1 aromatic carbocycles. The molecule has 1 unspecified atom stereocenters. The van der Waals surface area contributed by atoms with Crippen LogP contribution in [0.1, 0.15) is 48.8 Å². The Balaban J connectivity index is 1.28. The minimum atomic E-state index is -3.49. The summed E-state index contributed by atoms with van der Waals surface area (Å²) in [5.74, 6) is -3.31. The second-order valence-corrected chi connectivity index (χ2v) is 14.5. The smallest absolute Gasteiger partial charge is 0.408 e. The third-order valence-electron chi connectivity index (χ3n) is 7.52. The minimum absolute atomic E-state index is 0.00146. The fourth-order valence-electron chi connectivity index (χ4n) is 5.22. The van der Waals surface area contributed by atoms with Gasteiger partial charge in [0.15, 0.2) is 9.84 Å². The van der Waals surface area contributed by atoms with E-state index in [0.717, 1.165) is 11.6 Å². The Bertz CT molecular complexity index is 1950. The van der Waals surface area contributed by atoms with Crippen LogP contribution >= 0.6 is 0 Å². The van der Waals surface area contributed by atoms with Gasteiger partial charge in [-0.25, -0.2) is 32.0 Å². The Labute approximate surface area is 271 Å². The zero-order chi connectivity index (χ0) is 34.1. The molecule has 1 saturated heterocycles. The summed E-state index contributed by atoms with van der Waals surface area (Å²) in [4.78, 5) is 40.2. The number of rotatable bonds is 7. The van der Waals surface area contributed by atoms with Gasteiger partial charge in [-0.1, -0.05) is 12.1 Å². The summed E-state index contributed by atoms with van der Waals surface area (Å²) >= 11 is 0. The molecule has 0 bridgehead atoms. The van der Waals surface area contributed by atoms with Crippen molar-refractivity contribution in [3.05, 3.63) is 77.6 Å². The number of amides is 2. The standard InChI is InChI=1S/C33H36F2N6O5S/c1-20-9-10-21(15-27(20)47(5,44)45)30(42)37-18-23-16-26-22(17-36-23)11-12-25(38-26)24-7-6-8-29(39-24)41-14-13-28(33(34,35)19-41)40-31(43)46-32(2,3)4/h6-12,15-17,28H,13-14,18-19H2,1-5H3,(H,37,42)(H,40,43). The van der Waals surface area contributed by atoms with Crippen molar-refractivity contribution in [1.82, 2.24) is 25.6 Å². The van der Waals surface area contributed by atoms with Crippen LogP contribution in [0.3, 0.4) is 0 Å². The fourth-order valence-corrected chi connectivity index (χ4v) is 6.21. The highest BCUT2D eigenvalue weighted by Gasteiger charge is 2.46. The number of aryl methyl sites for hydroxylation is 1. The average Bonchev–Trinajstić information content (AvgIpc) is 2.99. The summed E-state index contributed by atoms with van der Waals surface area (Å²) in [6.45, 7) is 6.35. The monoisotopic (exact) mass is 666 g/mol. The molecule has 2 N–H and O–H groups in total. The van der Waals surface area contributed by atoms with E-state index >= 15 is 8.78 Å². The Morgan fingerprint density at radius 1 is 1.06 bits per heavy atom. The molecule has 1 aliphatic rings. The topological polar surface area (TPSA) is 143 Å². The maximum absolute atomic E-state index is 15.1. The molecule has 248 valence electrons. The van der Waals surface area contributed by atoms with Crippen LogP contribution in [0.25, 0.3) is 22.3 Å². The van der Waals surface area contributed by atoms with Crippen LogP contribution in [-0.2, 0) is 21.1 Å². The van der Waals surface area contributed by atoms with Gasteiger partial charge in [0, 0.05) is 29.9 Å². The van der Waals surface area contributed by atoms with Gasteiger partial charge >= 0.3 is 6.09 Å². The van der Waals surface area contributed by atoms with Crippen LogP contribution in [0, 0.1) is 6.92 Å². The number of benzene rings is 1. The number of aromatic nitrogens is 3. The average molecular weight is 667 g/mol. The van der Waals surface area contributed by atoms with Crippen LogP contribution in [-0.4, -0.2) is 72.3 Å². The highest BCUT2D eigenvalue weighted by atomic mass is 32.2. The lowest BCUT2D eigenvalue weighted by Gasteiger charge is -2.39. The largest absolute Gasteiger partial charge is 0.444 e. The summed E-state index contributed by atoms with van der Waals surface area (Å²) < 4.78 is 59.5. The number of piperidine rings is 1. The molecule has 4 heterocycles. The molecule has 14 heteroatoms. The number of hydrogen-bond acceptors (Lipinski definition) is 9. The van der Waals surface area contributed by atoms with E-state index in [1.165, 1.54) is 11.0 Å². The van der Waals surface area contributed by atoms with Crippen molar-refractivity contribution in [3.63, 3.8) is 0 Å². The molecular weight excluding hydrogens is 630 g/mol. The van der Waals surface area contributed by atoms with Crippen LogP contribution in [0.4, 0.5) is 19.4 Å². The summed E-state index contributed by atoms with van der Waals surface area (Å²) in [5, 5.41) is 5.82. The number of ether oxygens (including phenoxy) is 1. The highest BCUT2D eigenvalue weighted by Crippen LogP contribution is 2.31. The van der Waals surface area contributed by atoms with E-state index in [9.17, 15) is 18.0 Å². The lowest BCUT2D eigenvalue weighted by Crippen LogP contribution is -2.59. The van der Waals surface area contributed by atoms with E-state index < -0.39 is 45.9 Å². The molecule has 11 nitrogen and oxygen atoms in total. The number of nitrogens with zero attached hydrogens (tertiary/aromatic N) is 4. The van der Waals surface area contributed by atoms with E-state index in [4.69, 9.17) is 9.72 Å². The summed E-state index contributed by atoms with van der Waals surface area (Å²) in [6.07, 6.45) is 1.84. The van der Waals surface area contributed by atoms with Gasteiger partial charge in [-0.2, -0.15) is 0 Å². The molecular formula is C33H36F2N6O5S.